The van der Waals surface area contributed by atoms with Crippen LogP contribution in [0, 0.1) is 0 Å². The molecule has 1 heterocycles. The van der Waals surface area contributed by atoms with Crippen LogP contribution in [0.1, 0.15) is 26.3 Å². The Labute approximate surface area is 169 Å². The molecule has 2 aromatic carbocycles. The van der Waals surface area contributed by atoms with Crippen molar-refractivity contribution in [3.63, 3.8) is 0 Å². The summed E-state index contributed by atoms with van der Waals surface area (Å²) in [5.41, 5.74) is 1.88. The summed E-state index contributed by atoms with van der Waals surface area (Å²) in [7, 11) is 1.45. The van der Waals surface area contributed by atoms with Gasteiger partial charge in [0, 0.05) is 36.8 Å². The predicted octanol–water partition coefficient (Wildman–Crippen LogP) is 2.62. The molecule has 0 radical (unpaired) electrons. The quantitative estimate of drug-likeness (QED) is 0.747. The molecule has 6 nitrogen and oxygen atoms in total. The fraction of sp³-hybridized carbons (Fsp3) is 0.333. The second kappa shape index (κ2) is 11.4. The molecule has 0 aliphatic carbocycles. The van der Waals surface area contributed by atoms with Crippen LogP contribution in [0.15, 0.2) is 42.5 Å². The zero-order chi connectivity index (χ0) is 20.4. The third-order valence-corrected chi connectivity index (χ3v) is 5.25. The Bertz CT molecular complexity index is 790. The lowest BCUT2D eigenvalue weighted by Crippen LogP contribution is -2.38. The molecule has 0 saturated carbocycles. The number of aliphatic hydroxyl groups excluding tert-OH is 1. The van der Waals surface area contributed by atoms with Crippen LogP contribution in [-0.2, 0) is 6.42 Å². The van der Waals surface area contributed by atoms with Crippen LogP contribution in [0.25, 0.3) is 0 Å². The number of hydrogen-bond acceptors (Lipinski definition) is 6. The second-order valence-corrected chi connectivity index (χ2v) is 7.27. The number of rotatable bonds is 5. The topological polar surface area (TPSA) is 87.1 Å². The molecule has 2 N–H and O–H groups in total. The smallest absolute Gasteiger partial charge is 0.254 e. The van der Waals surface area contributed by atoms with Gasteiger partial charge in [-0.2, -0.15) is 11.8 Å². The van der Waals surface area contributed by atoms with E-state index in [-0.39, 0.29) is 23.8 Å². The molecule has 7 heteroatoms. The molecule has 1 saturated heterocycles. The Kier molecular flexibility index (Phi) is 8.84. The van der Waals surface area contributed by atoms with E-state index >= 15 is 0 Å². The van der Waals surface area contributed by atoms with Gasteiger partial charge < -0.3 is 19.8 Å². The van der Waals surface area contributed by atoms with Gasteiger partial charge in [-0.25, -0.2) is 0 Å². The van der Waals surface area contributed by atoms with Crippen molar-refractivity contribution in [2.75, 3.05) is 38.3 Å². The van der Waals surface area contributed by atoms with Gasteiger partial charge in [0.05, 0.1) is 12.7 Å². The molecular formula is C21H25NO5S. The van der Waals surface area contributed by atoms with Crippen LogP contribution in [-0.4, -0.2) is 65.6 Å². The molecule has 1 fully saturated rings. The van der Waals surface area contributed by atoms with E-state index in [4.69, 9.17) is 14.9 Å². The zero-order valence-corrected chi connectivity index (χ0v) is 16.7. The number of hydrogen-bond donors (Lipinski definition) is 2. The third kappa shape index (κ3) is 5.74. The van der Waals surface area contributed by atoms with Crippen molar-refractivity contribution in [2.24, 2.45) is 0 Å². The van der Waals surface area contributed by atoms with E-state index < -0.39 is 0 Å². The number of aromatic hydroxyl groups is 1. The van der Waals surface area contributed by atoms with E-state index in [1.807, 2.05) is 40.9 Å². The monoisotopic (exact) mass is 403 g/mol. The normalized spacial score (nSPS) is 13.3. The average molecular weight is 404 g/mol. The van der Waals surface area contributed by atoms with Crippen LogP contribution in [0.4, 0.5) is 0 Å². The molecule has 0 aromatic heterocycles. The molecule has 1 aliphatic heterocycles. The Balaban J connectivity index is 0.000000221. The van der Waals surface area contributed by atoms with Crippen molar-refractivity contribution >= 4 is 24.0 Å². The van der Waals surface area contributed by atoms with Crippen molar-refractivity contribution < 1.29 is 24.5 Å². The lowest BCUT2D eigenvalue weighted by Gasteiger charge is -2.27. The van der Waals surface area contributed by atoms with Crippen molar-refractivity contribution in [1.29, 1.82) is 0 Å². The SMILES string of the molecule is COc1cccc(O)c1C=O.O=C(c1ccccc1CCO)N1CCSCC1. The van der Waals surface area contributed by atoms with Gasteiger partial charge in [-0.3, -0.25) is 9.59 Å². The lowest BCUT2D eigenvalue weighted by molar-refractivity contribution is 0.0771. The number of phenols is 1. The van der Waals surface area contributed by atoms with E-state index in [1.165, 1.54) is 13.2 Å². The van der Waals surface area contributed by atoms with E-state index in [0.717, 1.165) is 35.7 Å². The summed E-state index contributed by atoms with van der Waals surface area (Å²) < 4.78 is 4.83. The minimum absolute atomic E-state index is 0.0562. The second-order valence-electron chi connectivity index (χ2n) is 6.05. The average Bonchev–Trinajstić information content (AvgIpc) is 2.74. The minimum atomic E-state index is -0.0562. The molecule has 0 atom stereocenters. The molecule has 0 spiro atoms. The van der Waals surface area contributed by atoms with Crippen LogP contribution < -0.4 is 4.74 Å². The molecule has 0 bridgehead atoms. The highest BCUT2D eigenvalue weighted by Crippen LogP contribution is 2.24. The van der Waals surface area contributed by atoms with Gasteiger partial charge in [0.1, 0.15) is 11.5 Å². The maximum atomic E-state index is 12.3. The van der Waals surface area contributed by atoms with Crippen molar-refractivity contribution in [3.05, 3.63) is 59.2 Å². The van der Waals surface area contributed by atoms with Crippen molar-refractivity contribution in [2.45, 2.75) is 6.42 Å². The van der Waals surface area contributed by atoms with Gasteiger partial charge in [0.15, 0.2) is 6.29 Å². The first kappa shape index (κ1) is 21.8. The molecule has 1 aliphatic rings. The highest BCUT2D eigenvalue weighted by atomic mass is 32.2. The predicted molar refractivity (Wildman–Crippen MR) is 111 cm³/mol. The van der Waals surface area contributed by atoms with Gasteiger partial charge in [0.2, 0.25) is 0 Å². The lowest BCUT2D eigenvalue weighted by atomic mass is 10.0. The van der Waals surface area contributed by atoms with Crippen LogP contribution >= 0.6 is 11.8 Å². The van der Waals surface area contributed by atoms with Crippen LogP contribution in [0.2, 0.25) is 0 Å². The number of amides is 1. The first-order valence-electron chi connectivity index (χ1n) is 8.99. The number of thioether (sulfide) groups is 1. The Morgan fingerprint density at radius 1 is 1.18 bits per heavy atom. The molecule has 28 heavy (non-hydrogen) atoms. The highest BCUT2D eigenvalue weighted by Gasteiger charge is 2.20. The number of carbonyl (C=O) groups excluding carboxylic acids is 2. The fourth-order valence-corrected chi connectivity index (χ4v) is 3.74. The zero-order valence-electron chi connectivity index (χ0n) is 15.8. The summed E-state index contributed by atoms with van der Waals surface area (Å²) in [6, 6.07) is 12.2. The number of ether oxygens (including phenoxy) is 1. The van der Waals surface area contributed by atoms with Crippen LogP contribution in [0.5, 0.6) is 11.5 Å². The molecule has 1 amide bonds. The highest BCUT2D eigenvalue weighted by molar-refractivity contribution is 7.99. The number of phenolic OH excluding ortho intramolecular Hbond substituents is 1. The summed E-state index contributed by atoms with van der Waals surface area (Å²) in [6.07, 6.45) is 1.11. The maximum Gasteiger partial charge on any atom is 0.254 e. The van der Waals surface area contributed by atoms with E-state index in [0.29, 0.717) is 18.5 Å². The first-order valence-corrected chi connectivity index (χ1v) is 10.1. The van der Waals surface area contributed by atoms with Gasteiger partial charge in [-0.05, 0) is 30.2 Å². The molecule has 3 rings (SSSR count). The molecule has 0 unspecified atom stereocenters. The summed E-state index contributed by atoms with van der Waals surface area (Å²) in [4.78, 5) is 24.6. The summed E-state index contributed by atoms with van der Waals surface area (Å²) in [6.45, 7) is 1.74. The number of nitrogens with zero attached hydrogens (tertiary/aromatic N) is 1. The van der Waals surface area contributed by atoms with Crippen molar-refractivity contribution in [3.8, 4) is 11.5 Å². The summed E-state index contributed by atoms with van der Waals surface area (Å²) in [5.74, 6) is 2.48. The molecule has 150 valence electrons. The van der Waals surface area contributed by atoms with E-state index in [9.17, 15) is 9.59 Å². The number of benzene rings is 2. The van der Waals surface area contributed by atoms with Crippen LogP contribution in [0.3, 0.4) is 0 Å². The standard InChI is InChI=1S/C13H17NO2S.C8H8O3/c15-8-5-11-3-1-2-4-12(11)13(16)14-6-9-17-10-7-14;1-11-8-4-2-3-7(10)6(8)5-9/h1-4,15H,5-10H2;2-5,10H,1H3. The number of aldehydes is 1. The first-order chi connectivity index (χ1) is 13.6. The maximum absolute atomic E-state index is 12.3. The number of carbonyl (C=O) groups is 2. The van der Waals surface area contributed by atoms with Gasteiger partial charge in [-0.15, -0.1) is 0 Å². The summed E-state index contributed by atoms with van der Waals surface area (Å²) in [5, 5.41) is 18.1. The largest absolute Gasteiger partial charge is 0.507 e. The number of aliphatic hydroxyl groups is 1. The number of methoxy groups -OCH3 is 1. The minimum Gasteiger partial charge on any atom is -0.507 e. The molecular weight excluding hydrogens is 378 g/mol. The van der Waals surface area contributed by atoms with E-state index in [2.05, 4.69) is 0 Å². The fourth-order valence-electron chi connectivity index (χ4n) is 2.83. The summed E-state index contributed by atoms with van der Waals surface area (Å²) >= 11 is 1.89. The van der Waals surface area contributed by atoms with Gasteiger partial charge in [-0.1, -0.05) is 24.3 Å². The van der Waals surface area contributed by atoms with Gasteiger partial charge >= 0.3 is 0 Å². The van der Waals surface area contributed by atoms with Gasteiger partial charge in [0.25, 0.3) is 5.91 Å². The Morgan fingerprint density at radius 3 is 2.50 bits per heavy atom. The Hall–Kier alpha value is -2.51. The Morgan fingerprint density at radius 2 is 1.89 bits per heavy atom. The van der Waals surface area contributed by atoms with E-state index in [1.54, 1.807) is 12.1 Å². The molecule has 2 aromatic rings. The third-order valence-electron chi connectivity index (χ3n) is 4.31. The van der Waals surface area contributed by atoms with Crippen molar-refractivity contribution in [1.82, 2.24) is 4.90 Å².